The smallest absolute Gasteiger partial charge is 0.242 e. The van der Waals surface area contributed by atoms with Gasteiger partial charge in [-0.05, 0) is 38.0 Å². The maximum absolute atomic E-state index is 13.5. The van der Waals surface area contributed by atoms with Crippen LogP contribution in [0.2, 0.25) is 0 Å². The van der Waals surface area contributed by atoms with Gasteiger partial charge in [0.2, 0.25) is 5.91 Å². The van der Waals surface area contributed by atoms with Crippen LogP contribution in [0.25, 0.3) is 11.1 Å². The lowest BCUT2D eigenvalue weighted by molar-refractivity contribution is -0.128. The van der Waals surface area contributed by atoms with E-state index >= 15 is 0 Å². The van der Waals surface area contributed by atoms with Crippen LogP contribution in [0.15, 0.2) is 67.3 Å². The van der Waals surface area contributed by atoms with E-state index < -0.39 is 6.04 Å². The number of carbonyl (C=O) groups is 1. The van der Waals surface area contributed by atoms with Crippen LogP contribution in [0, 0.1) is 0 Å². The van der Waals surface area contributed by atoms with Gasteiger partial charge in [0.1, 0.15) is 24.7 Å². The highest BCUT2D eigenvalue weighted by atomic mass is 16.5. The first-order valence-corrected chi connectivity index (χ1v) is 10.5. The van der Waals surface area contributed by atoms with E-state index in [-0.39, 0.29) is 11.4 Å². The van der Waals surface area contributed by atoms with Crippen LogP contribution >= 0.6 is 0 Å². The summed E-state index contributed by atoms with van der Waals surface area (Å²) in [6, 6.07) is 15.6. The number of amides is 1. The molecule has 1 amide bonds. The van der Waals surface area contributed by atoms with Gasteiger partial charge in [0, 0.05) is 42.1 Å². The second-order valence-electron chi connectivity index (χ2n) is 8.78. The van der Waals surface area contributed by atoms with Gasteiger partial charge in [-0.15, -0.1) is 0 Å². The third kappa shape index (κ3) is 4.91. The number of carbonyl (C=O) groups excluding carboxylic acids is 1. The molecule has 0 aliphatic carbocycles. The minimum atomic E-state index is -0.446. The van der Waals surface area contributed by atoms with Gasteiger partial charge in [-0.3, -0.25) is 9.69 Å². The largest absolute Gasteiger partial charge is 0.492 e. The summed E-state index contributed by atoms with van der Waals surface area (Å²) in [7, 11) is 0. The van der Waals surface area contributed by atoms with Gasteiger partial charge in [-0.2, -0.15) is 0 Å². The van der Waals surface area contributed by atoms with Crippen LogP contribution in [0.5, 0.6) is 5.75 Å². The quantitative estimate of drug-likeness (QED) is 0.696. The lowest BCUT2D eigenvalue weighted by Gasteiger charge is -2.32. The Morgan fingerprint density at radius 1 is 1.10 bits per heavy atom. The molecule has 6 heteroatoms. The molecule has 0 saturated carbocycles. The Balaban J connectivity index is 1.72. The minimum absolute atomic E-state index is 0.0222. The van der Waals surface area contributed by atoms with Crippen LogP contribution < -0.4 is 10.1 Å². The Morgan fingerprint density at radius 3 is 2.58 bits per heavy atom. The summed E-state index contributed by atoms with van der Waals surface area (Å²) in [5, 5.41) is 3.16. The van der Waals surface area contributed by atoms with E-state index in [1.807, 2.05) is 69.6 Å². The summed E-state index contributed by atoms with van der Waals surface area (Å²) in [6.07, 6.45) is 5.16. The number of rotatable bonds is 4. The Kier molecular flexibility index (Phi) is 6.00. The molecule has 4 rings (SSSR count). The highest BCUT2D eigenvalue weighted by Gasteiger charge is 2.34. The molecule has 3 aromatic rings. The van der Waals surface area contributed by atoms with Gasteiger partial charge in [0.15, 0.2) is 0 Å². The van der Waals surface area contributed by atoms with Crippen LogP contribution in [-0.4, -0.2) is 39.5 Å². The molecular formula is C25H28N4O2. The van der Waals surface area contributed by atoms with Crippen molar-refractivity contribution in [2.24, 2.45) is 0 Å². The number of para-hydroxylation sites is 1. The molecule has 0 spiro atoms. The van der Waals surface area contributed by atoms with Gasteiger partial charge in [-0.25, -0.2) is 9.97 Å². The van der Waals surface area contributed by atoms with Gasteiger partial charge < -0.3 is 10.1 Å². The predicted octanol–water partition coefficient (Wildman–Crippen LogP) is 3.99. The number of nitrogens with one attached hydrogen (secondary N) is 1. The molecule has 0 bridgehead atoms. The van der Waals surface area contributed by atoms with Crippen molar-refractivity contribution in [2.45, 2.75) is 38.9 Å². The van der Waals surface area contributed by atoms with E-state index in [9.17, 15) is 4.79 Å². The van der Waals surface area contributed by atoms with Gasteiger partial charge in [0.25, 0.3) is 0 Å². The van der Waals surface area contributed by atoms with Crippen molar-refractivity contribution in [1.29, 1.82) is 0 Å². The van der Waals surface area contributed by atoms with Crippen molar-refractivity contribution in [3.8, 4) is 16.9 Å². The number of ether oxygens (including phenoxy) is 1. The second kappa shape index (κ2) is 8.86. The number of benzene rings is 2. The summed E-state index contributed by atoms with van der Waals surface area (Å²) in [4.78, 5) is 24.0. The number of fused-ring (bicyclic) bond motifs is 1. The van der Waals surface area contributed by atoms with Gasteiger partial charge in [0.05, 0.1) is 0 Å². The minimum Gasteiger partial charge on any atom is -0.492 e. The average Bonchev–Trinajstić information content (AvgIpc) is 2.92. The highest BCUT2D eigenvalue weighted by Crippen LogP contribution is 2.34. The van der Waals surface area contributed by atoms with E-state index in [0.717, 1.165) is 28.0 Å². The first-order valence-electron chi connectivity index (χ1n) is 10.5. The first kappa shape index (κ1) is 21.0. The molecular weight excluding hydrogens is 388 g/mol. The molecule has 0 saturated heterocycles. The molecule has 1 aliphatic rings. The molecule has 1 atom stereocenters. The third-order valence-corrected chi connectivity index (χ3v) is 5.22. The maximum atomic E-state index is 13.5. The highest BCUT2D eigenvalue weighted by molar-refractivity contribution is 5.84. The summed E-state index contributed by atoms with van der Waals surface area (Å²) >= 11 is 0. The number of aromatic nitrogens is 2. The molecule has 1 aliphatic heterocycles. The fraction of sp³-hybridized carbons (Fsp3) is 0.320. The van der Waals surface area contributed by atoms with Crippen LogP contribution in [0.3, 0.4) is 0 Å². The Bertz CT molecular complexity index is 1050. The van der Waals surface area contributed by atoms with Gasteiger partial charge in [-0.1, -0.05) is 42.5 Å². The van der Waals surface area contributed by atoms with Crippen molar-refractivity contribution in [1.82, 2.24) is 20.2 Å². The predicted molar refractivity (Wildman–Crippen MR) is 120 cm³/mol. The zero-order valence-corrected chi connectivity index (χ0v) is 18.2. The summed E-state index contributed by atoms with van der Waals surface area (Å²) < 4.78 is 6.00. The molecule has 0 fully saturated rings. The molecule has 31 heavy (non-hydrogen) atoms. The zero-order chi connectivity index (χ0) is 21.8. The zero-order valence-electron chi connectivity index (χ0n) is 18.2. The first-order chi connectivity index (χ1) is 14.9. The maximum Gasteiger partial charge on any atom is 0.242 e. The molecule has 160 valence electrons. The van der Waals surface area contributed by atoms with Crippen LogP contribution in [0.1, 0.15) is 37.9 Å². The molecule has 2 aromatic carbocycles. The Morgan fingerprint density at radius 2 is 1.81 bits per heavy atom. The lowest BCUT2D eigenvalue weighted by Crippen LogP contribution is -2.47. The fourth-order valence-corrected chi connectivity index (χ4v) is 3.95. The van der Waals surface area contributed by atoms with Crippen LogP contribution in [-0.2, 0) is 11.3 Å². The average molecular weight is 417 g/mol. The second-order valence-corrected chi connectivity index (χ2v) is 8.78. The van der Waals surface area contributed by atoms with Crippen molar-refractivity contribution in [3.05, 3.63) is 78.4 Å². The monoisotopic (exact) mass is 416 g/mol. The fourth-order valence-electron chi connectivity index (χ4n) is 3.95. The van der Waals surface area contributed by atoms with Crippen molar-refractivity contribution < 1.29 is 9.53 Å². The van der Waals surface area contributed by atoms with E-state index in [2.05, 4.69) is 32.3 Å². The van der Waals surface area contributed by atoms with Gasteiger partial charge >= 0.3 is 0 Å². The van der Waals surface area contributed by atoms with Crippen molar-refractivity contribution in [2.75, 3.05) is 13.2 Å². The SMILES string of the molecule is CC(C)(C)NC(=O)C1c2ccccc2OCCN1Cc1ccccc1-c1cncnc1. The summed E-state index contributed by atoms with van der Waals surface area (Å²) in [6.45, 7) is 7.76. The molecule has 6 nitrogen and oxygen atoms in total. The molecule has 1 aromatic heterocycles. The van der Waals surface area contributed by atoms with E-state index in [1.165, 1.54) is 6.33 Å². The lowest BCUT2D eigenvalue weighted by atomic mass is 9.98. The molecule has 1 unspecified atom stereocenters. The van der Waals surface area contributed by atoms with Crippen molar-refractivity contribution in [3.63, 3.8) is 0 Å². The molecule has 0 radical (unpaired) electrons. The Hall–Kier alpha value is -3.25. The Labute approximate surface area is 183 Å². The third-order valence-electron chi connectivity index (χ3n) is 5.22. The van der Waals surface area contributed by atoms with E-state index in [0.29, 0.717) is 19.7 Å². The van der Waals surface area contributed by atoms with E-state index in [4.69, 9.17) is 4.74 Å². The number of hydrogen-bond donors (Lipinski definition) is 1. The summed E-state index contributed by atoms with van der Waals surface area (Å²) in [5.74, 6) is 0.745. The molecule has 1 N–H and O–H groups in total. The normalized spacial score (nSPS) is 16.7. The standard InChI is InChI=1S/C25H28N4O2/c1-25(2,3)28-24(30)23-21-10-6-7-11-22(21)31-13-12-29(23)16-18-8-4-5-9-20(18)19-14-26-17-27-15-19/h4-11,14-15,17,23H,12-13,16H2,1-3H3,(H,28,30). The van der Waals surface area contributed by atoms with Crippen LogP contribution in [0.4, 0.5) is 0 Å². The molecule has 2 heterocycles. The van der Waals surface area contributed by atoms with Crippen molar-refractivity contribution >= 4 is 5.91 Å². The van der Waals surface area contributed by atoms with E-state index in [1.54, 1.807) is 0 Å². The summed E-state index contributed by atoms with van der Waals surface area (Å²) in [5.41, 5.74) is 3.70. The topological polar surface area (TPSA) is 67.3 Å². The number of hydrogen-bond acceptors (Lipinski definition) is 5. The number of nitrogens with zero attached hydrogens (tertiary/aromatic N) is 3.